The lowest BCUT2D eigenvalue weighted by Crippen LogP contribution is -2.20. The Morgan fingerprint density at radius 3 is 2.35 bits per heavy atom. The Labute approximate surface area is 134 Å². The molecule has 0 aliphatic carbocycles. The smallest absolute Gasteiger partial charge is 0.218 e. The highest BCUT2D eigenvalue weighted by atomic mass is 15.6. The molecule has 2 heterocycles. The second-order valence-corrected chi connectivity index (χ2v) is 6.18. The first kappa shape index (κ1) is 13.8. The zero-order chi connectivity index (χ0) is 16.1. The summed E-state index contributed by atoms with van der Waals surface area (Å²) in [6, 6.07) is 12.7. The summed E-state index contributed by atoms with van der Waals surface area (Å²) in [5, 5.41) is 7.90. The van der Waals surface area contributed by atoms with Crippen LogP contribution < -0.4 is 5.32 Å². The summed E-state index contributed by atoms with van der Waals surface area (Å²) < 4.78 is 2.08. The van der Waals surface area contributed by atoms with Crippen molar-refractivity contribution in [3.63, 3.8) is 0 Å². The molecule has 0 unspecified atom stereocenters. The Kier molecular flexibility index (Phi) is 2.91. The summed E-state index contributed by atoms with van der Waals surface area (Å²) in [5.74, 6) is 0.782. The number of fused-ring (bicyclic) bond motifs is 3. The molecule has 0 aliphatic heterocycles. The maximum absolute atomic E-state index is 4.76. The van der Waals surface area contributed by atoms with Gasteiger partial charge in [0.15, 0.2) is 5.82 Å². The molecule has 0 aliphatic rings. The van der Waals surface area contributed by atoms with Gasteiger partial charge >= 0.3 is 0 Å². The van der Waals surface area contributed by atoms with Gasteiger partial charge < -0.3 is 5.32 Å². The van der Waals surface area contributed by atoms with Crippen LogP contribution in [0.25, 0.3) is 16.7 Å². The third-order valence-corrected chi connectivity index (χ3v) is 4.02. The second kappa shape index (κ2) is 4.84. The third-order valence-electron chi connectivity index (χ3n) is 4.02. The Balaban J connectivity index is 1.89. The molecular weight excluding hydrogens is 286 g/mol. The van der Waals surface area contributed by atoms with E-state index in [4.69, 9.17) is 4.98 Å². The van der Waals surface area contributed by atoms with Crippen molar-refractivity contribution < 1.29 is 0 Å². The first-order valence-corrected chi connectivity index (χ1v) is 7.69. The summed E-state index contributed by atoms with van der Waals surface area (Å²) in [7, 11) is 1.94. The van der Waals surface area contributed by atoms with Crippen LogP contribution in [0.2, 0.25) is 0 Å². The van der Waals surface area contributed by atoms with Gasteiger partial charge in [-0.3, -0.25) is 0 Å². The molecule has 23 heavy (non-hydrogen) atoms. The molecule has 5 heteroatoms. The molecule has 2 aromatic carbocycles. The minimum Gasteiger partial charge on any atom is -0.337 e. The highest BCUT2D eigenvalue weighted by Gasteiger charge is 2.15. The van der Waals surface area contributed by atoms with Gasteiger partial charge in [0.2, 0.25) is 5.65 Å². The van der Waals surface area contributed by atoms with Crippen molar-refractivity contribution in [2.45, 2.75) is 20.8 Å². The second-order valence-electron chi connectivity index (χ2n) is 6.18. The summed E-state index contributed by atoms with van der Waals surface area (Å²) >= 11 is 0. The molecule has 2 aromatic heterocycles. The minimum atomic E-state index is 0.782. The molecule has 0 bridgehead atoms. The van der Waals surface area contributed by atoms with Gasteiger partial charge in [-0.1, -0.05) is 12.1 Å². The number of hydrogen-bond donors (Lipinski definition) is 1. The SMILES string of the molecule is Cc1cc(C)cc(Nc2nc3ccc(C)cc3n3c2nn3C)c1. The molecule has 116 valence electrons. The van der Waals surface area contributed by atoms with Crippen molar-refractivity contribution in [1.82, 2.24) is 19.4 Å². The molecule has 4 rings (SSSR count). The van der Waals surface area contributed by atoms with Gasteiger partial charge in [0.05, 0.1) is 11.0 Å². The number of aromatic nitrogens is 4. The quantitative estimate of drug-likeness (QED) is 0.611. The number of aryl methyl sites for hydroxylation is 4. The molecule has 5 nitrogen and oxygen atoms in total. The summed E-state index contributed by atoms with van der Waals surface area (Å²) in [4.78, 5) is 6.60. The molecule has 0 saturated carbocycles. The van der Waals surface area contributed by atoms with Crippen molar-refractivity contribution in [3.05, 3.63) is 53.1 Å². The minimum absolute atomic E-state index is 0.782. The van der Waals surface area contributed by atoms with Crippen LogP contribution in [0.1, 0.15) is 16.7 Å². The maximum Gasteiger partial charge on any atom is 0.218 e. The number of nitrogens with one attached hydrogen (secondary N) is 1. The number of hydrogen-bond acceptors (Lipinski definition) is 3. The van der Waals surface area contributed by atoms with Crippen molar-refractivity contribution in [2.24, 2.45) is 7.05 Å². The zero-order valence-electron chi connectivity index (χ0n) is 13.8. The fourth-order valence-electron chi connectivity index (χ4n) is 3.08. The van der Waals surface area contributed by atoms with Gasteiger partial charge in [-0.25, -0.2) is 9.50 Å². The number of anilines is 2. The van der Waals surface area contributed by atoms with Crippen LogP contribution in [0.4, 0.5) is 11.5 Å². The molecular formula is C18H19N5. The van der Waals surface area contributed by atoms with E-state index in [0.717, 1.165) is 28.2 Å². The molecule has 0 radical (unpaired) electrons. The van der Waals surface area contributed by atoms with E-state index in [1.165, 1.54) is 16.7 Å². The number of nitrogens with zero attached hydrogens (tertiary/aromatic N) is 4. The van der Waals surface area contributed by atoms with E-state index < -0.39 is 0 Å². The summed E-state index contributed by atoms with van der Waals surface area (Å²) in [6.07, 6.45) is 0. The van der Waals surface area contributed by atoms with Crippen LogP contribution in [0.3, 0.4) is 0 Å². The molecule has 4 aromatic rings. The average molecular weight is 305 g/mol. The van der Waals surface area contributed by atoms with Crippen molar-refractivity contribution in [2.75, 3.05) is 5.32 Å². The van der Waals surface area contributed by atoms with E-state index in [9.17, 15) is 0 Å². The Morgan fingerprint density at radius 1 is 0.913 bits per heavy atom. The molecule has 0 spiro atoms. The average Bonchev–Trinajstić information content (AvgIpc) is 2.45. The lowest BCUT2D eigenvalue weighted by atomic mass is 10.1. The first-order valence-electron chi connectivity index (χ1n) is 7.69. The van der Waals surface area contributed by atoms with Crippen LogP contribution in [-0.4, -0.2) is 19.4 Å². The zero-order valence-corrected chi connectivity index (χ0v) is 13.8. The van der Waals surface area contributed by atoms with Gasteiger partial charge in [0, 0.05) is 12.7 Å². The van der Waals surface area contributed by atoms with E-state index in [1.807, 2.05) is 11.8 Å². The Hall–Kier alpha value is -2.82. The highest BCUT2D eigenvalue weighted by molar-refractivity contribution is 5.84. The normalized spacial score (nSPS) is 11.5. The number of benzene rings is 2. The Morgan fingerprint density at radius 2 is 1.65 bits per heavy atom. The standard InChI is InChI=1S/C18H19N5/c1-11-5-6-15-16(10-11)23-18(21-22(23)4)17(20-15)19-14-8-12(2)7-13(3)9-14/h5-10H,1-4H3,(H,19,20). The van der Waals surface area contributed by atoms with E-state index in [-0.39, 0.29) is 0 Å². The van der Waals surface area contributed by atoms with Crippen LogP contribution in [0.15, 0.2) is 36.4 Å². The van der Waals surface area contributed by atoms with Crippen molar-refractivity contribution >= 4 is 28.2 Å². The summed E-state index contributed by atoms with van der Waals surface area (Å²) in [6.45, 7) is 6.28. The van der Waals surface area contributed by atoms with Crippen molar-refractivity contribution in [1.29, 1.82) is 0 Å². The summed E-state index contributed by atoms with van der Waals surface area (Å²) in [5.41, 5.74) is 7.58. The van der Waals surface area contributed by atoms with Crippen molar-refractivity contribution in [3.8, 4) is 0 Å². The topological polar surface area (TPSA) is 47.1 Å². The van der Waals surface area contributed by atoms with E-state index in [1.54, 1.807) is 0 Å². The predicted molar refractivity (Wildman–Crippen MR) is 93.4 cm³/mol. The fraction of sp³-hybridized carbons (Fsp3) is 0.222. The van der Waals surface area contributed by atoms with Gasteiger partial charge in [-0.05, 0) is 61.7 Å². The largest absolute Gasteiger partial charge is 0.337 e. The highest BCUT2D eigenvalue weighted by Crippen LogP contribution is 2.26. The molecule has 0 fully saturated rings. The van der Waals surface area contributed by atoms with Crippen LogP contribution in [-0.2, 0) is 7.05 Å². The van der Waals surface area contributed by atoms with Crippen LogP contribution in [0, 0.1) is 20.8 Å². The fourth-order valence-corrected chi connectivity index (χ4v) is 3.08. The monoisotopic (exact) mass is 305 g/mol. The third kappa shape index (κ3) is 2.25. The van der Waals surface area contributed by atoms with Gasteiger partial charge in [-0.15, -0.1) is 5.10 Å². The van der Waals surface area contributed by atoms with E-state index in [2.05, 4.69) is 72.1 Å². The molecule has 1 N–H and O–H groups in total. The molecule has 0 amide bonds. The maximum atomic E-state index is 4.76. The van der Waals surface area contributed by atoms with Gasteiger partial charge in [0.25, 0.3) is 0 Å². The Bertz CT molecular complexity index is 1020. The van der Waals surface area contributed by atoms with Gasteiger partial charge in [-0.2, -0.15) is 4.80 Å². The number of rotatable bonds is 2. The molecule has 0 saturated heterocycles. The molecule has 0 atom stereocenters. The first-order chi connectivity index (χ1) is 11.0. The predicted octanol–water partition coefficient (Wildman–Crippen LogP) is 3.89. The van der Waals surface area contributed by atoms with E-state index in [0.29, 0.717) is 0 Å². The van der Waals surface area contributed by atoms with Crippen LogP contribution in [0.5, 0.6) is 0 Å². The lowest BCUT2D eigenvalue weighted by molar-refractivity contribution is 0.539. The lowest BCUT2D eigenvalue weighted by Gasteiger charge is -2.19. The van der Waals surface area contributed by atoms with E-state index >= 15 is 0 Å². The van der Waals surface area contributed by atoms with Gasteiger partial charge in [0.1, 0.15) is 0 Å². The van der Waals surface area contributed by atoms with Crippen LogP contribution >= 0.6 is 0 Å².